The summed E-state index contributed by atoms with van der Waals surface area (Å²) < 4.78 is 18.1. The summed E-state index contributed by atoms with van der Waals surface area (Å²) in [7, 11) is 3.32. The second-order valence-electron chi connectivity index (χ2n) is 4.84. The molecule has 0 amide bonds. The standard InChI is InChI=1S/C13H18O3Se/c1-13(2)10(17)7-8-5-6-9(14-3)12(15-4)11(8)16-13/h6,8H,5,7H2,1-4H3. The van der Waals surface area contributed by atoms with Crippen LogP contribution in [0, 0.1) is 5.92 Å². The quantitative estimate of drug-likeness (QED) is 0.730. The second kappa shape index (κ2) is 4.51. The first kappa shape index (κ1) is 12.7. The Kier molecular flexibility index (Phi) is 3.37. The Morgan fingerprint density at radius 1 is 1.35 bits per heavy atom. The molecule has 0 spiro atoms. The van der Waals surface area contributed by atoms with Crippen LogP contribution in [0.4, 0.5) is 0 Å². The molecule has 3 nitrogen and oxygen atoms in total. The normalized spacial score (nSPS) is 26.9. The number of hydrogen-bond acceptors (Lipinski definition) is 3. The van der Waals surface area contributed by atoms with Gasteiger partial charge < -0.3 is 0 Å². The Hall–Kier alpha value is -0.731. The molecule has 1 fully saturated rings. The molecule has 1 saturated heterocycles. The van der Waals surface area contributed by atoms with Crippen molar-refractivity contribution >= 4 is 20.0 Å². The summed E-state index contributed by atoms with van der Waals surface area (Å²) in [5, 5.41) is 0. The molecule has 0 saturated carbocycles. The van der Waals surface area contributed by atoms with Crippen molar-refractivity contribution in [3.05, 3.63) is 23.4 Å². The van der Waals surface area contributed by atoms with Gasteiger partial charge in [0.25, 0.3) is 0 Å². The molecule has 0 aromatic carbocycles. The van der Waals surface area contributed by atoms with E-state index < -0.39 is 0 Å². The van der Waals surface area contributed by atoms with Crippen LogP contribution in [0.25, 0.3) is 0 Å². The first-order valence-corrected chi connectivity index (χ1v) is 6.60. The molecule has 2 rings (SSSR count). The first-order valence-electron chi connectivity index (χ1n) is 5.74. The molecule has 1 aliphatic carbocycles. The zero-order chi connectivity index (χ0) is 12.6. The number of hydrogen-bond donors (Lipinski definition) is 0. The molecule has 4 heteroatoms. The summed E-state index contributed by atoms with van der Waals surface area (Å²) in [4.78, 5) is 0. The van der Waals surface area contributed by atoms with Crippen molar-refractivity contribution in [3.8, 4) is 0 Å². The van der Waals surface area contributed by atoms with Crippen LogP contribution in [-0.2, 0) is 14.2 Å². The van der Waals surface area contributed by atoms with E-state index in [0.29, 0.717) is 5.92 Å². The Labute approximate surface area is 110 Å². The van der Waals surface area contributed by atoms with Gasteiger partial charge in [-0.15, -0.1) is 0 Å². The number of allylic oxidation sites excluding steroid dienone is 2. The SMILES string of the molecule is COC1=CCC2CC(=[Se])C(C)(C)OC2=C1OC. The molecule has 1 unspecified atom stereocenters. The van der Waals surface area contributed by atoms with Crippen LogP contribution < -0.4 is 0 Å². The van der Waals surface area contributed by atoms with E-state index in [-0.39, 0.29) is 5.60 Å². The van der Waals surface area contributed by atoms with Crippen molar-refractivity contribution in [1.29, 1.82) is 0 Å². The van der Waals surface area contributed by atoms with Gasteiger partial charge in [0.2, 0.25) is 0 Å². The van der Waals surface area contributed by atoms with E-state index in [1.54, 1.807) is 14.2 Å². The van der Waals surface area contributed by atoms with Gasteiger partial charge in [-0.1, -0.05) is 0 Å². The molecular formula is C13H18O3Se. The fourth-order valence-electron chi connectivity index (χ4n) is 2.24. The fourth-order valence-corrected chi connectivity index (χ4v) is 2.75. The van der Waals surface area contributed by atoms with E-state index in [1.807, 2.05) is 0 Å². The van der Waals surface area contributed by atoms with Crippen LogP contribution in [0.5, 0.6) is 0 Å². The minimum absolute atomic E-state index is 0.272. The average molecular weight is 301 g/mol. The van der Waals surface area contributed by atoms with Crippen LogP contribution in [0.1, 0.15) is 26.7 Å². The molecule has 1 atom stereocenters. The molecule has 0 aromatic rings. The maximum absolute atomic E-state index is 6.09. The van der Waals surface area contributed by atoms with Gasteiger partial charge in [-0.2, -0.15) is 0 Å². The molecule has 1 heterocycles. The molecule has 94 valence electrons. The summed E-state index contributed by atoms with van der Waals surface area (Å²) in [6.07, 6.45) is 4.01. The van der Waals surface area contributed by atoms with E-state index in [1.165, 1.54) is 4.42 Å². The maximum atomic E-state index is 6.09. The van der Waals surface area contributed by atoms with E-state index in [4.69, 9.17) is 14.2 Å². The minimum atomic E-state index is -0.272. The van der Waals surface area contributed by atoms with Gasteiger partial charge in [-0.25, -0.2) is 0 Å². The first-order chi connectivity index (χ1) is 7.99. The van der Waals surface area contributed by atoms with Crippen molar-refractivity contribution in [2.75, 3.05) is 14.2 Å². The molecule has 2 aliphatic rings. The monoisotopic (exact) mass is 302 g/mol. The zero-order valence-corrected chi connectivity index (χ0v) is 12.4. The predicted octanol–water partition coefficient (Wildman–Crippen LogP) is 1.93. The van der Waals surface area contributed by atoms with E-state index in [2.05, 4.69) is 35.5 Å². The van der Waals surface area contributed by atoms with Crippen LogP contribution in [0.3, 0.4) is 0 Å². The summed E-state index contributed by atoms with van der Waals surface area (Å²) in [5.74, 6) is 2.81. The number of ether oxygens (including phenoxy) is 3. The predicted molar refractivity (Wildman–Crippen MR) is 67.8 cm³/mol. The Morgan fingerprint density at radius 2 is 2.06 bits per heavy atom. The van der Waals surface area contributed by atoms with Crippen LogP contribution in [0.15, 0.2) is 23.4 Å². The van der Waals surface area contributed by atoms with Crippen LogP contribution >= 0.6 is 0 Å². The zero-order valence-electron chi connectivity index (χ0n) is 10.7. The molecule has 0 bridgehead atoms. The third-order valence-corrected chi connectivity index (χ3v) is 4.68. The van der Waals surface area contributed by atoms with E-state index in [0.717, 1.165) is 30.1 Å². The van der Waals surface area contributed by atoms with Gasteiger partial charge >= 0.3 is 110 Å². The van der Waals surface area contributed by atoms with Gasteiger partial charge in [0, 0.05) is 0 Å². The molecule has 17 heavy (non-hydrogen) atoms. The van der Waals surface area contributed by atoms with Gasteiger partial charge in [0.1, 0.15) is 0 Å². The molecule has 0 N–H and O–H groups in total. The summed E-state index contributed by atoms with van der Waals surface area (Å²) in [6, 6.07) is 0. The average Bonchev–Trinajstić information content (AvgIpc) is 2.29. The molecular weight excluding hydrogens is 283 g/mol. The van der Waals surface area contributed by atoms with Crippen molar-refractivity contribution in [1.82, 2.24) is 0 Å². The van der Waals surface area contributed by atoms with Crippen molar-refractivity contribution in [3.63, 3.8) is 0 Å². The number of rotatable bonds is 2. The van der Waals surface area contributed by atoms with Crippen molar-refractivity contribution < 1.29 is 14.2 Å². The summed E-state index contributed by atoms with van der Waals surface area (Å²) >= 11 is 3.14. The third-order valence-electron chi connectivity index (χ3n) is 3.30. The van der Waals surface area contributed by atoms with Gasteiger partial charge in [0.05, 0.1) is 0 Å². The van der Waals surface area contributed by atoms with Gasteiger partial charge in [0.15, 0.2) is 0 Å². The second-order valence-corrected chi connectivity index (χ2v) is 5.88. The van der Waals surface area contributed by atoms with Crippen LogP contribution in [0.2, 0.25) is 0 Å². The number of fused-ring (bicyclic) bond motifs is 1. The third kappa shape index (κ3) is 2.16. The van der Waals surface area contributed by atoms with E-state index >= 15 is 0 Å². The number of methoxy groups -OCH3 is 2. The van der Waals surface area contributed by atoms with Crippen molar-refractivity contribution in [2.24, 2.45) is 5.92 Å². The summed E-state index contributed by atoms with van der Waals surface area (Å²) in [6.45, 7) is 4.14. The van der Waals surface area contributed by atoms with Crippen molar-refractivity contribution in [2.45, 2.75) is 32.3 Å². The Bertz CT molecular complexity index is 407. The molecule has 1 aliphatic heterocycles. The summed E-state index contributed by atoms with van der Waals surface area (Å²) in [5.41, 5.74) is -0.272. The van der Waals surface area contributed by atoms with E-state index in [9.17, 15) is 0 Å². The molecule has 0 radical (unpaired) electrons. The topological polar surface area (TPSA) is 27.7 Å². The van der Waals surface area contributed by atoms with Crippen LogP contribution in [-0.4, -0.2) is 39.8 Å². The van der Waals surface area contributed by atoms with Gasteiger partial charge in [-0.3, -0.25) is 0 Å². The molecule has 0 aromatic heterocycles. The Balaban J connectivity index is 2.39. The fraction of sp³-hybridized carbons (Fsp3) is 0.615. The van der Waals surface area contributed by atoms with Gasteiger partial charge in [-0.05, 0) is 0 Å². The Morgan fingerprint density at radius 3 is 2.65 bits per heavy atom.